The van der Waals surface area contributed by atoms with E-state index < -0.39 is 0 Å². The van der Waals surface area contributed by atoms with Crippen LogP contribution < -0.4 is 4.48 Å². The van der Waals surface area contributed by atoms with Crippen LogP contribution in [0.2, 0.25) is 5.02 Å². The van der Waals surface area contributed by atoms with Gasteiger partial charge in [-0.15, -0.1) is 6.58 Å². The Morgan fingerprint density at radius 2 is 2.29 bits per heavy atom. The molecule has 5 nitrogen and oxygen atoms in total. The number of nitrogens with zero attached hydrogens (tertiary/aromatic N) is 3. The third-order valence-corrected chi connectivity index (χ3v) is 5.96. The minimum atomic E-state index is -0.373. The van der Waals surface area contributed by atoms with Crippen LogP contribution in [0.15, 0.2) is 24.8 Å². The Morgan fingerprint density at radius 1 is 1.50 bits per heavy atom. The van der Waals surface area contributed by atoms with E-state index in [0.717, 1.165) is 38.8 Å². The SMILES string of the molecule is C=CCCC1C[N+]2(c3cc(Cl)c(C#N)cc3[N+](=O)[O-])CCCC[C@@H]12. The maximum Gasteiger partial charge on any atom is 0.330 e. The quantitative estimate of drug-likeness (QED) is 0.339. The van der Waals surface area contributed by atoms with Crippen LogP contribution >= 0.6 is 11.6 Å². The summed E-state index contributed by atoms with van der Waals surface area (Å²) in [5, 5.41) is 21.0. The van der Waals surface area contributed by atoms with Gasteiger partial charge in [-0.25, -0.2) is 0 Å². The van der Waals surface area contributed by atoms with Crippen molar-refractivity contribution in [1.29, 1.82) is 5.26 Å². The van der Waals surface area contributed by atoms with Gasteiger partial charge in [-0.1, -0.05) is 17.7 Å². The minimum absolute atomic E-state index is 0.0324. The second kappa shape index (κ2) is 6.54. The van der Waals surface area contributed by atoms with Crippen molar-refractivity contribution in [3.8, 4) is 6.07 Å². The van der Waals surface area contributed by atoms with Crippen LogP contribution in [0.3, 0.4) is 0 Å². The lowest BCUT2D eigenvalue weighted by Crippen LogP contribution is -2.74. The summed E-state index contributed by atoms with van der Waals surface area (Å²) < 4.78 is 0.656. The Balaban J connectivity index is 2.03. The molecule has 0 radical (unpaired) electrons. The first kappa shape index (κ1) is 16.9. The summed E-state index contributed by atoms with van der Waals surface area (Å²) in [5.74, 6) is 0.581. The average molecular weight is 347 g/mol. The number of halogens is 1. The number of nitro benzene ring substituents is 1. The summed E-state index contributed by atoms with van der Waals surface area (Å²) in [7, 11) is 0. The van der Waals surface area contributed by atoms with Crippen LogP contribution in [-0.2, 0) is 0 Å². The van der Waals surface area contributed by atoms with Gasteiger partial charge in [0.2, 0.25) is 5.69 Å². The summed E-state index contributed by atoms with van der Waals surface area (Å²) in [6.45, 7) is 5.63. The molecule has 2 heterocycles. The molecule has 2 aliphatic rings. The lowest BCUT2D eigenvalue weighted by Gasteiger charge is -2.58. The number of nitriles is 1. The van der Waals surface area contributed by atoms with E-state index in [2.05, 4.69) is 6.58 Å². The summed E-state index contributed by atoms with van der Waals surface area (Å²) in [4.78, 5) is 11.2. The molecular formula is C18H21ClN3O2+. The van der Waals surface area contributed by atoms with Crippen molar-refractivity contribution in [2.24, 2.45) is 5.92 Å². The zero-order chi connectivity index (χ0) is 17.3. The largest absolute Gasteiger partial charge is 0.330 e. The van der Waals surface area contributed by atoms with Crippen molar-refractivity contribution in [2.75, 3.05) is 13.1 Å². The Kier molecular flexibility index (Phi) is 4.62. The van der Waals surface area contributed by atoms with Crippen molar-refractivity contribution in [1.82, 2.24) is 4.48 Å². The van der Waals surface area contributed by atoms with Gasteiger partial charge >= 0.3 is 5.69 Å². The van der Waals surface area contributed by atoms with E-state index in [1.54, 1.807) is 6.07 Å². The Morgan fingerprint density at radius 3 is 2.96 bits per heavy atom. The van der Waals surface area contributed by atoms with Gasteiger partial charge in [0.1, 0.15) is 12.1 Å². The summed E-state index contributed by atoms with van der Waals surface area (Å²) in [6, 6.07) is 5.37. The van der Waals surface area contributed by atoms with Crippen molar-refractivity contribution in [3.63, 3.8) is 0 Å². The molecule has 1 aromatic carbocycles. The molecule has 2 aliphatic heterocycles. The van der Waals surface area contributed by atoms with E-state index in [9.17, 15) is 10.1 Å². The zero-order valence-electron chi connectivity index (χ0n) is 13.6. The third-order valence-electron chi connectivity index (χ3n) is 5.65. The fourth-order valence-corrected chi connectivity index (χ4v) is 4.78. The number of nitro groups is 1. The van der Waals surface area contributed by atoms with E-state index in [4.69, 9.17) is 16.9 Å². The van der Waals surface area contributed by atoms with E-state index in [1.807, 2.05) is 12.1 Å². The number of benzene rings is 1. The fraction of sp³-hybridized carbons (Fsp3) is 0.500. The van der Waals surface area contributed by atoms with Crippen LogP contribution in [0.1, 0.15) is 37.7 Å². The predicted molar refractivity (Wildman–Crippen MR) is 94.9 cm³/mol. The molecule has 0 bridgehead atoms. The normalized spacial score (nSPS) is 28.3. The molecular weight excluding hydrogens is 326 g/mol. The highest BCUT2D eigenvalue weighted by Gasteiger charge is 2.58. The molecule has 6 heteroatoms. The summed E-state index contributed by atoms with van der Waals surface area (Å²) in [5.41, 5.74) is 0.885. The first-order valence-electron chi connectivity index (χ1n) is 8.39. The highest BCUT2D eigenvalue weighted by Crippen LogP contribution is 2.51. The maximum absolute atomic E-state index is 11.6. The number of hydrogen-bond acceptors (Lipinski definition) is 3. The Labute approximate surface area is 146 Å². The van der Waals surface area contributed by atoms with E-state index in [-0.39, 0.29) is 16.2 Å². The topological polar surface area (TPSA) is 66.9 Å². The second-order valence-electron chi connectivity index (χ2n) is 6.82. The van der Waals surface area contributed by atoms with Crippen LogP contribution in [0.4, 0.5) is 11.4 Å². The lowest BCUT2D eigenvalue weighted by molar-refractivity contribution is -0.385. The minimum Gasteiger partial charge on any atom is -0.282 e. The molecule has 0 aromatic heterocycles. The van der Waals surface area contributed by atoms with Gasteiger partial charge in [0.15, 0.2) is 0 Å². The van der Waals surface area contributed by atoms with Gasteiger partial charge in [-0.3, -0.25) is 14.6 Å². The zero-order valence-corrected chi connectivity index (χ0v) is 14.3. The Hall–Kier alpha value is -1.90. The lowest BCUT2D eigenvalue weighted by atomic mass is 9.75. The van der Waals surface area contributed by atoms with Gasteiger partial charge in [-0.05, 0) is 25.7 Å². The van der Waals surface area contributed by atoms with Crippen molar-refractivity contribution < 1.29 is 4.92 Å². The molecule has 0 aliphatic carbocycles. The van der Waals surface area contributed by atoms with Gasteiger partial charge in [0, 0.05) is 18.6 Å². The Bertz CT molecular complexity index is 728. The monoisotopic (exact) mass is 346 g/mol. The molecule has 0 saturated carbocycles. The molecule has 24 heavy (non-hydrogen) atoms. The number of hydrogen-bond donors (Lipinski definition) is 0. The van der Waals surface area contributed by atoms with Gasteiger partial charge < -0.3 is 0 Å². The van der Waals surface area contributed by atoms with Crippen molar-refractivity contribution in [3.05, 3.63) is 45.5 Å². The second-order valence-corrected chi connectivity index (χ2v) is 7.23. The molecule has 0 spiro atoms. The van der Waals surface area contributed by atoms with Gasteiger partial charge in [-0.2, -0.15) is 5.26 Å². The maximum atomic E-state index is 11.6. The fourth-order valence-electron chi connectivity index (χ4n) is 4.58. The molecule has 3 rings (SSSR count). The van der Waals surface area contributed by atoms with Crippen LogP contribution in [-0.4, -0.2) is 24.1 Å². The van der Waals surface area contributed by atoms with Crippen LogP contribution in [0, 0.1) is 27.4 Å². The number of allylic oxidation sites excluding steroid dienone is 1. The molecule has 1 aromatic rings. The first-order valence-corrected chi connectivity index (χ1v) is 8.77. The van der Waals surface area contributed by atoms with Crippen LogP contribution in [0.5, 0.6) is 0 Å². The summed E-state index contributed by atoms with van der Waals surface area (Å²) in [6.07, 6.45) is 7.35. The van der Waals surface area contributed by atoms with Crippen molar-refractivity contribution >= 4 is 23.0 Å². The number of quaternary nitrogens is 1. The summed E-state index contributed by atoms with van der Waals surface area (Å²) >= 11 is 6.21. The van der Waals surface area contributed by atoms with Crippen LogP contribution in [0.25, 0.3) is 0 Å². The smallest absolute Gasteiger partial charge is 0.282 e. The molecule has 0 amide bonds. The molecule has 3 atom stereocenters. The molecule has 2 unspecified atom stereocenters. The first-order chi connectivity index (χ1) is 11.5. The molecule has 0 N–H and O–H groups in total. The van der Waals surface area contributed by atoms with Crippen molar-refractivity contribution in [2.45, 2.75) is 38.1 Å². The molecule has 126 valence electrons. The van der Waals surface area contributed by atoms with Gasteiger partial charge in [0.25, 0.3) is 0 Å². The van der Waals surface area contributed by atoms with E-state index in [0.29, 0.717) is 27.2 Å². The number of fused-ring (bicyclic) bond motifs is 1. The van der Waals surface area contributed by atoms with E-state index in [1.165, 1.54) is 12.5 Å². The number of rotatable bonds is 5. The molecule has 2 fully saturated rings. The highest BCUT2D eigenvalue weighted by atomic mass is 35.5. The van der Waals surface area contributed by atoms with E-state index >= 15 is 0 Å². The standard InChI is InChI=1S/C18H21ClN3O2/c1-2-3-6-13-12-22(8-5-4-7-17(13)22)18-10-15(19)14(11-20)9-16(18)21(23)24/h2,9-10,13,17H,1,3-8,12H2/q+1/t13?,17-,22?/m0/s1. The number of piperidine rings is 1. The molecule has 2 saturated heterocycles. The van der Waals surface area contributed by atoms with Gasteiger partial charge in [0.05, 0.1) is 34.5 Å². The third kappa shape index (κ3) is 2.60. The highest BCUT2D eigenvalue weighted by molar-refractivity contribution is 6.32. The average Bonchev–Trinajstić information content (AvgIpc) is 2.55. The predicted octanol–water partition coefficient (Wildman–Crippen LogP) is 4.58.